The van der Waals surface area contributed by atoms with Crippen LogP contribution in [0.25, 0.3) is 0 Å². The summed E-state index contributed by atoms with van der Waals surface area (Å²) >= 11 is 0. The second kappa shape index (κ2) is 2.46. The number of pyridine rings is 1. The maximum Gasteiger partial charge on any atom is 0.150 e. The van der Waals surface area contributed by atoms with Crippen LogP contribution in [0, 0.1) is 0 Å². The van der Waals surface area contributed by atoms with E-state index < -0.39 is 0 Å². The summed E-state index contributed by atoms with van der Waals surface area (Å²) in [5.74, 6) is 0.615. The van der Waals surface area contributed by atoms with Gasteiger partial charge < -0.3 is 0 Å². The maximum absolute atomic E-state index is 10.5. The molecule has 0 atom stereocenters. The first-order valence-electron chi connectivity index (χ1n) is 3.81. The fourth-order valence-corrected chi connectivity index (χ4v) is 1.26. The van der Waals surface area contributed by atoms with Gasteiger partial charge in [0.2, 0.25) is 0 Å². The Kier molecular flexibility index (Phi) is 1.46. The van der Waals surface area contributed by atoms with E-state index in [1.165, 1.54) is 12.8 Å². The number of aldehydes is 1. The van der Waals surface area contributed by atoms with Crippen molar-refractivity contribution in [3.63, 3.8) is 0 Å². The Labute approximate surface area is 65.3 Å². The van der Waals surface area contributed by atoms with E-state index in [2.05, 4.69) is 4.98 Å². The van der Waals surface area contributed by atoms with Crippen LogP contribution in [0.15, 0.2) is 18.5 Å². The van der Waals surface area contributed by atoms with Gasteiger partial charge in [-0.1, -0.05) is 0 Å². The van der Waals surface area contributed by atoms with Crippen molar-refractivity contribution in [1.29, 1.82) is 0 Å². The van der Waals surface area contributed by atoms with Gasteiger partial charge in [0, 0.05) is 18.0 Å². The molecule has 0 spiro atoms. The average Bonchev–Trinajstić information content (AvgIpc) is 2.87. The number of rotatable bonds is 2. The largest absolute Gasteiger partial charge is 0.298 e. The SMILES string of the molecule is O=Cc1ccncc1C1CC1. The lowest BCUT2D eigenvalue weighted by atomic mass is 10.1. The van der Waals surface area contributed by atoms with Gasteiger partial charge in [0.25, 0.3) is 0 Å². The molecule has 1 saturated carbocycles. The van der Waals surface area contributed by atoms with Crippen LogP contribution in [-0.2, 0) is 0 Å². The molecule has 1 fully saturated rings. The number of hydrogen-bond acceptors (Lipinski definition) is 2. The van der Waals surface area contributed by atoms with Crippen LogP contribution in [0.1, 0.15) is 34.7 Å². The Morgan fingerprint density at radius 2 is 2.36 bits per heavy atom. The fraction of sp³-hybridized carbons (Fsp3) is 0.333. The molecule has 1 aromatic heterocycles. The second-order valence-electron chi connectivity index (χ2n) is 2.90. The molecule has 2 nitrogen and oxygen atoms in total. The topological polar surface area (TPSA) is 30.0 Å². The minimum absolute atomic E-state index is 0.615. The number of carbonyl (C=O) groups excluding carboxylic acids is 1. The molecule has 1 aliphatic rings. The molecule has 2 rings (SSSR count). The minimum Gasteiger partial charge on any atom is -0.298 e. The highest BCUT2D eigenvalue weighted by Gasteiger charge is 2.25. The van der Waals surface area contributed by atoms with E-state index in [1.807, 2.05) is 0 Å². The zero-order valence-electron chi connectivity index (χ0n) is 6.16. The lowest BCUT2D eigenvalue weighted by molar-refractivity contribution is 0.112. The lowest BCUT2D eigenvalue weighted by Gasteiger charge is -1.98. The van der Waals surface area contributed by atoms with Crippen molar-refractivity contribution < 1.29 is 4.79 Å². The third-order valence-corrected chi connectivity index (χ3v) is 2.03. The molecule has 0 unspecified atom stereocenters. The maximum atomic E-state index is 10.5. The van der Waals surface area contributed by atoms with Gasteiger partial charge in [-0.05, 0) is 30.4 Å². The highest BCUT2D eigenvalue weighted by atomic mass is 16.1. The molecular formula is C9H9NO. The highest BCUT2D eigenvalue weighted by Crippen LogP contribution is 2.40. The van der Waals surface area contributed by atoms with Gasteiger partial charge in [-0.25, -0.2) is 0 Å². The van der Waals surface area contributed by atoms with E-state index in [4.69, 9.17) is 0 Å². The quantitative estimate of drug-likeness (QED) is 0.597. The average molecular weight is 147 g/mol. The molecular weight excluding hydrogens is 138 g/mol. The molecule has 1 aromatic rings. The van der Waals surface area contributed by atoms with Crippen LogP contribution in [0.5, 0.6) is 0 Å². The van der Waals surface area contributed by atoms with Gasteiger partial charge in [-0.2, -0.15) is 0 Å². The third-order valence-electron chi connectivity index (χ3n) is 2.03. The molecule has 0 N–H and O–H groups in total. The van der Waals surface area contributed by atoms with Crippen molar-refractivity contribution in [2.45, 2.75) is 18.8 Å². The number of hydrogen-bond donors (Lipinski definition) is 0. The van der Waals surface area contributed by atoms with E-state index in [0.717, 1.165) is 17.4 Å². The molecule has 0 bridgehead atoms. The summed E-state index contributed by atoms with van der Waals surface area (Å²) < 4.78 is 0. The highest BCUT2D eigenvalue weighted by molar-refractivity contribution is 5.77. The van der Waals surface area contributed by atoms with Gasteiger partial charge in [0.1, 0.15) is 6.29 Å². The molecule has 0 amide bonds. The molecule has 0 radical (unpaired) electrons. The van der Waals surface area contributed by atoms with E-state index in [9.17, 15) is 4.79 Å². The number of nitrogens with zero attached hydrogens (tertiary/aromatic N) is 1. The molecule has 1 heterocycles. The van der Waals surface area contributed by atoms with Gasteiger partial charge in [-0.3, -0.25) is 9.78 Å². The first-order chi connectivity index (χ1) is 5.42. The van der Waals surface area contributed by atoms with Gasteiger partial charge in [0.15, 0.2) is 0 Å². The Morgan fingerprint density at radius 3 is 3.00 bits per heavy atom. The zero-order chi connectivity index (χ0) is 7.68. The van der Waals surface area contributed by atoms with Crippen molar-refractivity contribution in [1.82, 2.24) is 4.98 Å². The van der Waals surface area contributed by atoms with Gasteiger partial charge in [-0.15, -0.1) is 0 Å². The van der Waals surface area contributed by atoms with Crippen LogP contribution in [0.4, 0.5) is 0 Å². The zero-order valence-corrected chi connectivity index (χ0v) is 6.16. The van der Waals surface area contributed by atoms with Crippen molar-refractivity contribution in [3.05, 3.63) is 29.6 Å². The van der Waals surface area contributed by atoms with Crippen molar-refractivity contribution in [2.75, 3.05) is 0 Å². The molecule has 1 aliphatic carbocycles. The Hall–Kier alpha value is -1.18. The monoisotopic (exact) mass is 147 g/mol. The molecule has 11 heavy (non-hydrogen) atoms. The normalized spacial score (nSPS) is 16.4. The summed E-state index contributed by atoms with van der Waals surface area (Å²) in [6.45, 7) is 0. The fourth-order valence-electron chi connectivity index (χ4n) is 1.26. The first-order valence-corrected chi connectivity index (χ1v) is 3.81. The van der Waals surface area contributed by atoms with E-state index in [-0.39, 0.29) is 0 Å². The van der Waals surface area contributed by atoms with Crippen LogP contribution in [-0.4, -0.2) is 11.3 Å². The summed E-state index contributed by atoms with van der Waals surface area (Å²) in [7, 11) is 0. The Balaban J connectivity index is 2.42. The Bertz CT molecular complexity index is 279. The third kappa shape index (κ3) is 1.16. The Morgan fingerprint density at radius 1 is 1.55 bits per heavy atom. The minimum atomic E-state index is 0.615. The smallest absolute Gasteiger partial charge is 0.150 e. The summed E-state index contributed by atoms with van der Waals surface area (Å²) in [6.07, 6.45) is 6.81. The van der Waals surface area contributed by atoms with Crippen molar-refractivity contribution >= 4 is 6.29 Å². The molecule has 56 valence electrons. The summed E-state index contributed by atoms with van der Waals surface area (Å²) in [4.78, 5) is 14.5. The van der Waals surface area contributed by atoms with Gasteiger partial charge >= 0.3 is 0 Å². The summed E-state index contributed by atoms with van der Waals surface area (Å²) in [5.41, 5.74) is 1.94. The number of aromatic nitrogens is 1. The van der Waals surface area contributed by atoms with E-state index in [1.54, 1.807) is 18.5 Å². The van der Waals surface area contributed by atoms with Crippen molar-refractivity contribution in [3.8, 4) is 0 Å². The van der Waals surface area contributed by atoms with E-state index in [0.29, 0.717) is 5.92 Å². The molecule has 2 heteroatoms. The predicted octanol–water partition coefficient (Wildman–Crippen LogP) is 1.77. The summed E-state index contributed by atoms with van der Waals surface area (Å²) in [6, 6.07) is 1.78. The second-order valence-corrected chi connectivity index (χ2v) is 2.90. The van der Waals surface area contributed by atoms with E-state index >= 15 is 0 Å². The lowest BCUT2D eigenvalue weighted by Crippen LogP contribution is -1.90. The molecule has 0 aliphatic heterocycles. The van der Waals surface area contributed by atoms with Gasteiger partial charge in [0.05, 0.1) is 0 Å². The predicted molar refractivity (Wildman–Crippen MR) is 41.6 cm³/mol. The van der Waals surface area contributed by atoms with Crippen LogP contribution in [0.2, 0.25) is 0 Å². The van der Waals surface area contributed by atoms with Crippen molar-refractivity contribution in [2.24, 2.45) is 0 Å². The first kappa shape index (κ1) is 6.53. The van der Waals surface area contributed by atoms with Crippen LogP contribution >= 0.6 is 0 Å². The molecule has 0 saturated heterocycles. The number of carbonyl (C=O) groups is 1. The van der Waals surface area contributed by atoms with Crippen LogP contribution < -0.4 is 0 Å². The standard InChI is InChI=1S/C9H9NO/c11-6-8-3-4-10-5-9(8)7-1-2-7/h3-7H,1-2H2. The summed E-state index contributed by atoms with van der Waals surface area (Å²) in [5, 5.41) is 0. The van der Waals surface area contributed by atoms with Crippen LogP contribution in [0.3, 0.4) is 0 Å². The molecule has 0 aromatic carbocycles.